The van der Waals surface area contributed by atoms with Crippen LogP contribution in [0.15, 0.2) is 18.2 Å². The van der Waals surface area contributed by atoms with Crippen LogP contribution in [0.1, 0.15) is 50.0 Å². The summed E-state index contributed by atoms with van der Waals surface area (Å²) in [4.78, 5) is 33.1. The van der Waals surface area contributed by atoms with Crippen molar-refractivity contribution in [3.8, 4) is 0 Å². The Morgan fingerprint density at radius 1 is 1.21 bits per heavy atom. The molecule has 0 saturated carbocycles. The van der Waals surface area contributed by atoms with Gasteiger partial charge in [-0.1, -0.05) is 11.6 Å². The molecule has 3 rings (SSSR count). The molecule has 0 fully saturated rings. The van der Waals surface area contributed by atoms with Gasteiger partial charge in [0, 0.05) is 17.8 Å². The molecule has 0 spiro atoms. The maximum Gasteiger partial charge on any atom is 0.408 e. The minimum atomic E-state index is -0.602. The fraction of sp³-hybridized carbons (Fsp3) is 0.409. The number of halogens is 2. The second-order valence-corrected chi connectivity index (χ2v) is 8.94. The zero-order chi connectivity index (χ0) is 24.3. The molecule has 0 aliphatic rings. The van der Waals surface area contributed by atoms with Crippen LogP contribution < -0.4 is 10.6 Å². The Balaban J connectivity index is 1.68. The number of amides is 2. The van der Waals surface area contributed by atoms with Crippen LogP contribution in [0, 0.1) is 19.7 Å². The van der Waals surface area contributed by atoms with E-state index in [0.29, 0.717) is 23.7 Å². The van der Waals surface area contributed by atoms with E-state index in [1.54, 1.807) is 25.3 Å². The van der Waals surface area contributed by atoms with Crippen molar-refractivity contribution in [2.75, 3.05) is 5.32 Å². The lowest BCUT2D eigenvalue weighted by Crippen LogP contribution is -2.32. The lowest BCUT2D eigenvalue weighted by Gasteiger charge is -2.19. The van der Waals surface area contributed by atoms with Crippen LogP contribution in [0.3, 0.4) is 0 Å². The molecule has 2 aromatic heterocycles. The van der Waals surface area contributed by atoms with E-state index >= 15 is 0 Å². The van der Waals surface area contributed by atoms with E-state index in [-0.39, 0.29) is 23.9 Å². The average Bonchev–Trinajstić information content (AvgIpc) is 3.10. The van der Waals surface area contributed by atoms with Crippen molar-refractivity contribution in [3.63, 3.8) is 0 Å². The van der Waals surface area contributed by atoms with E-state index in [4.69, 9.17) is 16.3 Å². The minimum Gasteiger partial charge on any atom is -0.444 e. The highest BCUT2D eigenvalue weighted by molar-refractivity contribution is 6.33. The van der Waals surface area contributed by atoms with Crippen molar-refractivity contribution in [1.29, 1.82) is 0 Å². The lowest BCUT2D eigenvalue weighted by atomic mass is 10.1. The number of carbonyl (C=O) groups is 2. The lowest BCUT2D eigenvalue weighted by molar-refractivity contribution is -0.116. The topological polar surface area (TPSA) is 111 Å². The maximum atomic E-state index is 13.2. The molecule has 0 saturated heterocycles. The number of alkyl carbamates (subject to hydrolysis) is 1. The van der Waals surface area contributed by atoms with Gasteiger partial charge in [-0.05, 0) is 64.8 Å². The van der Waals surface area contributed by atoms with Crippen molar-refractivity contribution in [3.05, 3.63) is 51.8 Å². The van der Waals surface area contributed by atoms with E-state index in [9.17, 15) is 14.0 Å². The number of hydrogen-bond donors (Lipinski definition) is 2. The van der Waals surface area contributed by atoms with Crippen LogP contribution in [0.25, 0.3) is 5.78 Å². The number of nitrogens with one attached hydrogen (secondary N) is 2. The first-order valence-electron chi connectivity index (χ1n) is 10.4. The molecule has 2 heterocycles. The first kappa shape index (κ1) is 24.4. The number of hydrogen-bond acceptors (Lipinski definition) is 6. The van der Waals surface area contributed by atoms with Crippen molar-refractivity contribution in [2.45, 2.75) is 59.6 Å². The van der Waals surface area contributed by atoms with Gasteiger partial charge in [0.15, 0.2) is 5.82 Å². The highest BCUT2D eigenvalue weighted by Crippen LogP contribution is 2.23. The molecule has 9 nitrogen and oxygen atoms in total. The van der Waals surface area contributed by atoms with Gasteiger partial charge in [0.25, 0.3) is 5.78 Å². The van der Waals surface area contributed by atoms with Crippen molar-refractivity contribution in [1.82, 2.24) is 24.9 Å². The summed E-state index contributed by atoms with van der Waals surface area (Å²) in [6.07, 6.45) is 0.0242. The van der Waals surface area contributed by atoms with Gasteiger partial charge < -0.3 is 15.4 Å². The van der Waals surface area contributed by atoms with Crippen molar-refractivity contribution >= 4 is 35.1 Å². The number of carbonyl (C=O) groups excluding carboxylic acids is 2. The number of benzene rings is 1. The average molecular weight is 477 g/mol. The Bertz CT molecular complexity index is 1210. The first-order valence-corrected chi connectivity index (χ1v) is 10.7. The summed E-state index contributed by atoms with van der Waals surface area (Å²) in [7, 11) is 0. The Kier molecular flexibility index (Phi) is 7.16. The highest BCUT2D eigenvalue weighted by Gasteiger charge is 2.18. The van der Waals surface area contributed by atoms with E-state index in [0.717, 1.165) is 23.0 Å². The zero-order valence-corrected chi connectivity index (χ0v) is 19.9. The van der Waals surface area contributed by atoms with Crippen LogP contribution >= 0.6 is 11.6 Å². The van der Waals surface area contributed by atoms with Gasteiger partial charge in [-0.3, -0.25) is 4.79 Å². The number of nitrogens with zero attached hydrogens (tertiary/aromatic N) is 4. The van der Waals surface area contributed by atoms with Crippen LogP contribution in [0.5, 0.6) is 0 Å². The summed E-state index contributed by atoms with van der Waals surface area (Å²) in [5.41, 5.74) is 2.13. The largest absolute Gasteiger partial charge is 0.444 e. The number of aromatic nitrogens is 4. The predicted octanol–water partition coefficient (Wildman–Crippen LogP) is 4.13. The van der Waals surface area contributed by atoms with E-state index in [1.165, 1.54) is 12.1 Å². The number of rotatable bonds is 6. The molecule has 0 aliphatic carbocycles. The second kappa shape index (κ2) is 9.70. The SMILES string of the molecule is Cc1nc2nc(CNC(=O)OC(C)(C)C)nn2c(C)c1CCC(=O)Nc1ccc(F)cc1Cl. The standard InChI is InChI=1S/C22H26ClFN6O3/c1-12-15(7-9-19(31)27-17-8-6-14(24)10-16(17)23)13(2)30-20(26-12)28-18(29-30)11-25-21(32)33-22(3,4)5/h6,8,10H,7,9,11H2,1-5H3,(H,25,32)(H,27,31). The Hall–Kier alpha value is -3.27. The van der Waals surface area contributed by atoms with Crippen LogP contribution in [0.2, 0.25) is 5.02 Å². The third kappa shape index (κ3) is 6.38. The second-order valence-electron chi connectivity index (χ2n) is 8.53. The first-order chi connectivity index (χ1) is 15.4. The van der Waals surface area contributed by atoms with Crippen LogP contribution in [-0.4, -0.2) is 37.2 Å². The molecule has 0 unspecified atom stereocenters. The van der Waals surface area contributed by atoms with E-state index in [1.807, 2.05) is 13.8 Å². The van der Waals surface area contributed by atoms with Gasteiger partial charge in [-0.25, -0.2) is 18.7 Å². The molecule has 0 bridgehead atoms. The normalized spacial score (nSPS) is 11.5. The fourth-order valence-corrected chi connectivity index (χ4v) is 3.41. The van der Waals surface area contributed by atoms with Gasteiger partial charge in [-0.15, -0.1) is 5.10 Å². The van der Waals surface area contributed by atoms with Gasteiger partial charge in [0.1, 0.15) is 11.4 Å². The van der Waals surface area contributed by atoms with Crippen LogP contribution in [0.4, 0.5) is 14.9 Å². The Labute approximate surface area is 195 Å². The molecule has 3 aromatic rings. The number of anilines is 1. The maximum absolute atomic E-state index is 13.2. The van der Waals surface area contributed by atoms with Crippen molar-refractivity contribution in [2.24, 2.45) is 0 Å². The molecule has 176 valence electrons. The number of aryl methyl sites for hydroxylation is 2. The molecule has 1 aromatic carbocycles. The number of fused-ring (bicyclic) bond motifs is 1. The monoisotopic (exact) mass is 476 g/mol. The summed E-state index contributed by atoms with van der Waals surface area (Å²) >= 11 is 5.97. The van der Waals surface area contributed by atoms with Gasteiger partial charge in [0.2, 0.25) is 5.91 Å². The molecule has 11 heteroatoms. The Morgan fingerprint density at radius 3 is 2.61 bits per heavy atom. The molecule has 33 heavy (non-hydrogen) atoms. The Morgan fingerprint density at radius 2 is 1.94 bits per heavy atom. The zero-order valence-electron chi connectivity index (χ0n) is 19.1. The molecule has 0 aliphatic heterocycles. The third-order valence-corrected chi connectivity index (χ3v) is 5.00. The highest BCUT2D eigenvalue weighted by atomic mass is 35.5. The minimum absolute atomic E-state index is 0.0902. The van der Waals surface area contributed by atoms with Gasteiger partial charge in [0.05, 0.1) is 17.3 Å². The molecule has 0 radical (unpaired) electrons. The fourth-order valence-electron chi connectivity index (χ4n) is 3.19. The predicted molar refractivity (Wildman–Crippen MR) is 122 cm³/mol. The summed E-state index contributed by atoms with van der Waals surface area (Å²) in [6.45, 7) is 9.13. The van der Waals surface area contributed by atoms with Crippen molar-refractivity contribution < 1.29 is 18.7 Å². The summed E-state index contributed by atoms with van der Waals surface area (Å²) in [6, 6.07) is 3.79. The quantitative estimate of drug-likeness (QED) is 0.553. The van der Waals surface area contributed by atoms with E-state index in [2.05, 4.69) is 25.7 Å². The third-order valence-electron chi connectivity index (χ3n) is 4.69. The smallest absolute Gasteiger partial charge is 0.408 e. The van der Waals surface area contributed by atoms with Crippen LogP contribution in [-0.2, 0) is 22.5 Å². The summed E-state index contributed by atoms with van der Waals surface area (Å²) < 4.78 is 20.0. The molecule has 2 amide bonds. The molecular weight excluding hydrogens is 451 g/mol. The summed E-state index contributed by atoms with van der Waals surface area (Å²) in [5, 5.41) is 9.86. The molecular formula is C22H26ClFN6O3. The van der Waals surface area contributed by atoms with Gasteiger partial charge >= 0.3 is 6.09 Å². The molecule has 0 atom stereocenters. The molecule has 2 N–H and O–H groups in total. The van der Waals surface area contributed by atoms with E-state index < -0.39 is 17.5 Å². The number of ether oxygens (including phenoxy) is 1. The summed E-state index contributed by atoms with van der Waals surface area (Å²) in [5.74, 6) is 0.0503. The van der Waals surface area contributed by atoms with Gasteiger partial charge in [-0.2, -0.15) is 4.98 Å².